The maximum Gasteiger partial charge on any atom is 0.163 e. The molecule has 6 rings (SSSR count). The Balaban J connectivity index is 1.70. The standard InChI is InChI=1S/C41H45N5O/c1-25-42-24-43-37(44-25)27-18-26(19-28(20-27)39(2,3)4)32-15-13-16-34-36(32)45-38(33-14-11-12-17-35(33)47)46(34)31-22-29(40(5,6)7)21-30(23-31)41(8,9)10/h11-24,47H,1-10H3. The van der Waals surface area contributed by atoms with Gasteiger partial charge >= 0.3 is 0 Å². The monoisotopic (exact) mass is 623 g/mol. The molecule has 4 aromatic carbocycles. The molecule has 6 heteroatoms. The van der Waals surface area contributed by atoms with Crippen molar-refractivity contribution in [2.45, 2.75) is 85.5 Å². The van der Waals surface area contributed by atoms with Crippen LogP contribution in [0.2, 0.25) is 0 Å². The average Bonchev–Trinajstić information content (AvgIpc) is 3.39. The zero-order chi connectivity index (χ0) is 33.9. The first-order chi connectivity index (χ1) is 22.0. The number of imidazole rings is 1. The first-order valence-electron chi connectivity index (χ1n) is 16.3. The zero-order valence-corrected chi connectivity index (χ0v) is 29.3. The van der Waals surface area contributed by atoms with Crippen LogP contribution >= 0.6 is 0 Å². The molecule has 0 radical (unpaired) electrons. The van der Waals surface area contributed by atoms with Gasteiger partial charge in [-0.25, -0.2) is 19.9 Å². The normalized spacial score (nSPS) is 12.6. The SMILES string of the molecule is Cc1ncnc(-c2cc(-c3cccc4c3nc(-c3ccccc3O)n4-c3cc(C(C)(C)C)cc(C(C)(C)C)c3)cc(C(C)(C)C)c2)n1. The van der Waals surface area contributed by atoms with Crippen LogP contribution in [-0.4, -0.2) is 29.6 Å². The smallest absolute Gasteiger partial charge is 0.163 e. The molecule has 0 saturated heterocycles. The van der Waals surface area contributed by atoms with E-state index < -0.39 is 0 Å². The van der Waals surface area contributed by atoms with Gasteiger partial charge in [-0.15, -0.1) is 0 Å². The van der Waals surface area contributed by atoms with Crippen LogP contribution in [0.15, 0.2) is 85.2 Å². The van der Waals surface area contributed by atoms with Gasteiger partial charge < -0.3 is 5.11 Å². The predicted octanol–water partition coefficient (Wildman–Crippen LogP) is 10.1. The summed E-state index contributed by atoms with van der Waals surface area (Å²) in [6.45, 7) is 22.0. The van der Waals surface area contributed by atoms with Gasteiger partial charge in [-0.05, 0) is 87.9 Å². The van der Waals surface area contributed by atoms with Gasteiger partial charge in [-0.2, -0.15) is 0 Å². The number of phenolic OH excluding ortho intramolecular Hbond substituents is 1. The quantitative estimate of drug-likeness (QED) is 0.211. The van der Waals surface area contributed by atoms with Gasteiger partial charge in [0.2, 0.25) is 0 Å². The summed E-state index contributed by atoms with van der Waals surface area (Å²) in [7, 11) is 0. The van der Waals surface area contributed by atoms with Gasteiger partial charge in [0.25, 0.3) is 0 Å². The second-order valence-electron chi connectivity index (χ2n) is 15.6. The number of nitrogens with zero attached hydrogens (tertiary/aromatic N) is 5. The van der Waals surface area contributed by atoms with Gasteiger partial charge in [0.1, 0.15) is 23.7 Å². The molecule has 0 fully saturated rings. The maximum atomic E-state index is 11.2. The summed E-state index contributed by atoms with van der Waals surface area (Å²) in [6.07, 6.45) is 1.57. The number of fused-ring (bicyclic) bond motifs is 1. The number of hydrogen-bond donors (Lipinski definition) is 1. The zero-order valence-electron chi connectivity index (χ0n) is 29.3. The van der Waals surface area contributed by atoms with Gasteiger partial charge in [0, 0.05) is 16.8 Å². The van der Waals surface area contributed by atoms with Gasteiger partial charge in [-0.3, -0.25) is 4.57 Å². The molecule has 2 aromatic heterocycles. The van der Waals surface area contributed by atoms with E-state index >= 15 is 0 Å². The highest BCUT2D eigenvalue weighted by atomic mass is 16.3. The van der Waals surface area contributed by atoms with Crippen LogP contribution in [0.3, 0.4) is 0 Å². The Labute approximate surface area is 278 Å². The molecular weight excluding hydrogens is 578 g/mol. The third-order valence-corrected chi connectivity index (χ3v) is 8.80. The molecule has 6 nitrogen and oxygen atoms in total. The fourth-order valence-electron chi connectivity index (χ4n) is 5.91. The van der Waals surface area contributed by atoms with Crippen LogP contribution < -0.4 is 0 Å². The van der Waals surface area contributed by atoms with Gasteiger partial charge in [-0.1, -0.05) is 98.7 Å². The Morgan fingerprint density at radius 2 is 1.19 bits per heavy atom. The average molecular weight is 624 g/mol. The second kappa shape index (κ2) is 11.4. The van der Waals surface area contributed by atoms with E-state index in [1.807, 2.05) is 25.1 Å². The molecule has 0 aliphatic rings. The van der Waals surface area contributed by atoms with Gasteiger partial charge in [0.15, 0.2) is 5.82 Å². The number of para-hydroxylation sites is 2. The molecule has 0 atom stereocenters. The van der Waals surface area contributed by atoms with E-state index in [2.05, 4.69) is 136 Å². The molecule has 0 aliphatic carbocycles. The number of aromatic hydroxyl groups is 1. The summed E-state index contributed by atoms with van der Waals surface area (Å²) >= 11 is 0. The number of aromatic nitrogens is 5. The fraction of sp³-hybridized carbons (Fsp3) is 0.317. The van der Waals surface area contributed by atoms with Crippen molar-refractivity contribution in [3.05, 3.63) is 108 Å². The highest BCUT2D eigenvalue weighted by Gasteiger charge is 2.25. The topological polar surface area (TPSA) is 76.7 Å². The first-order valence-corrected chi connectivity index (χ1v) is 16.3. The fourth-order valence-corrected chi connectivity index (χ4v) is 5.91. The molecule has 240 valence electrons. The molecule has 0 amide bonds. The largest absolute Gasteiger partial charge is 0.507 e. The molecule has 0 aliphatic heterocycles. The Morgan fingerprint density at radius 1 is 0.596 bits per heavy atom. The molecule has 0 saturated carbocycles. The second-order valence-corrected chi connectivity index (χ2v) is 15.6. The van der Waals surface area contributed by atoms with Crippen LogP contribution in [-0.2, 0) is 16.2 Å². The van der Waals surface area contributed by atoms with Crippen molar-refractivity contribution in [2.75, 3.05) is 0 Å². The van der Waals surface area contributed by atoms with Crippen molar-refractivity contribution >= 4 is 11.0 Å². The summed E-state index contributed by atoms with van der Waals surface area (Å²) in [5.41, 5.74) is 9.90. The van der Waals surface area contributed by atoms with Crippen molar-refractivity contribution in [2.24, 2.45) is 0 Å². The molecule has 47 heavy (non-hydrogen) atoms. The van der Waals surface area contributed by atoms with E-state index in [0.717, 1.165) is 33.4 Å². The van der Waals surface area contributed by atoms with Crippen molar-refractivity contribution in [3.8, 4) is 45.3 Å². The van der Waals surface area contributed by atoms with Crippen molar-refractivity contribution < 1.29 is 5.11 Å². The minimum Gasteiger partial charge on any atom is -0.507 e. The molecule has 0 unspecified atom stereocenters. The maximum absolute atomic E-state index is 11.2. The molecule has 6 aromatic rings. The number of aryl methyl sites for hydroxylation is 1. The lowest BCUT2D eigenvalue weighted by molar-refractivity contribution is 0.477. The summed E-state index contributed by atoms with van der Waals surface area (Å²) in [6, 6.07) is 27.3. The van der Waals surface area contributed by atoms with Crippen LogP contribution in [0.4, 0.5) is 0 Å². The lowest BCUT2D eigenvalue weighted by atomic mass is 9.80. The highest BCUT2D eigenvalue weighted by Crippen LogP contribution is 2.41. The van der Waals surface area contributed by atoms with Crippen LogP contribution in [0.1, 0.15) is 84.8 Å². The predicted molar refractivity (Wildman–Crippen MR) is 193 cm³/mol. The third kappa shape index (κ3) is 6.29. The van der Waals surface area contributed by atoms with E-state index in [9.17, 15) is 5.11 Å². The number of phenols is 1. The molecule has 0 spiro atoms. The molecule has 0 bridgehead atoms. The summed E-state index contributed by atoms with van der Waals surface area (Å²) in [5, 5.41) is 11.2. The third-order valence-electron chi connectivity index (χ3n) is 8.80. The van der Waals surface area contributed by atoms with E-state index in [1.54, 1.807) is 12.4 Å². The molecular formula is C41H45N5O. The Kier molecular flexibility index (Phi) is 7.82. The first kappa shape index (κ1) is 32.1. The Morgan fingerprint density at radius 3 is 1.81 bits per heavy atom. The lowest BCUT2D eigenvalue weighted by Gasteiger charge is -2.27. The summed E-state index contributed by atoms with van der Waals surface area (Å²) < 4.78 is 2.21. The van der Waals surface area contributed by atoms with E-state index in [0.29, 0.717) is 23.0 Å². The van der Waals surface area contributed by atoms with Crippen LogP contribution in [0.5, 0.6) is 5.75 Å². The number of hydrogen-bond acceptors (Lipinski definition) is 5. The van der Waals surface area contributed by atoms with E-state index in [1.165, 1.54) is 16.7 Å². The van der Waals surface area contributed by atoms with Crippen molar-refractivity contribution in [1.29, 1.82) is 0 Å². The van der Waals surface area contributed by atoms with Crippen LogP contribution in [0.25, 0.3) is 50.6 Å². The summed E-state index contributed by atoms with van der Waals surface area (Å²) in [5.74, 6) is 2.21. The number of rotatable bonds is 4. The minimum absolute atomic E-state index is 0.0657. The van der Waals surface area contributed by atoms with Gasteiger partial charge in [0.05, 0.1) is 16.6 Å². The van der Waals surface area contributed by atoms with Crippen molar-refractivity contribution in [1.82, 2.24) is 24.5 Å². The summed E-state index contributed by atoms with van der Waals surface area (Å²) in [4.78, 5) is 18.8. The van der Waals surface area contributed by atoms with Crippen molar-refractivity contribution in [3.63, 3.8) is 0 Å². The van der Waals surface area contributed by atoms with E-state index in [-0.39, 0.29) is 22.0 Å². The Bertz CT molecular complexity index is 2090. The number of benzene rings is 4. The Hall–Kier alpha value is -4.84. The lowest BCUT2D eigenvalue weighted by Crippen LogP contribution is -2.17. The molecule has 1 N–H and O–H groups in total. The van der Waals surface area contributed by atoms with E-state index in [4.69, 9.17) is 4.98 Å². The van der Waals surface area contributed by atoms with Crippen LogP contribution in [0, 0.1) is 6.92 Å². The molecule has 2 heterocycles. The minimum atomic E-state index is -0.113. The highest BCUT2D eigenvalue weighted by molar-refractivity contribution is 5.96.